The highest BCUT2D eigenvalue weighted by Crippen LogP contribution is 2.35. The number of ether oxygens (including phenoxy) is 2. The van der Waals surface area contributed by atoms with E-state index >= 15 is 0 Å². The number of nitrogens with one attached hydrogen (secondary N) is 1. The van der Waals surface area contributed by atoms with Crippen LogP contribution in [0.1, 0.15) is 76.9 Å². The van der Waals surface area contributed by atoms with E-state index in [1.807, 2.05) is 42.9 Å². The molecule has 1 unspecified atom stereocenters. The lowest BCUT2D eigenvalue weighted by molar-refractivity contribution is 0.0981. The summed E-state index contributed by atoms with van der Waals surface area (Å²) in [6, 6.07) is 21.1. The van der Waals surface area contributed by atoms with Gasteiger partial charge in [-0.25, -0.2) is 9.97 Å². The van der Waals surface area contributed by atoms with Gasteiger partial charge in [-0.2, -0.15) is 0 Å². The predicted molar refractivity (Wildman–Crippen MR) is 206 cm³/mol. The van der Waals surface area contributed by atoms with Gasteiger partial charge in [0.25, 0.3) is 0 Å². The molecule has 50 heavy (non-hydrogen) atoms. The summed E-state index contributed by atoms with van der Waals surface area (Å²) in [7, 11) is 0. The van der Waals surface area contributed by atoms with E-state index in [9.17, 15) is 4.55 Å². The summed E-state index contributed by atoms with van der Waals surface area (Å²) in [5, 5.41) is 0. The fraction of sp³-hybridized carbons (Fsp3) is 0.415. The first-order valence-electron chi connectivity index (χ1n) is 18.2. The first kappa shape index (κ1) is 35.8. The third kappa shape index (κ3) is 8.99. The topological polar surface area (TPSA) is 91.3 Å². The van der Waals surface area contributed by atoms with Crippen molar-refractivity contribution in [2.75, 3.05) is 37.8 Å². The maximum Gasteiger partial charge on any atom is 0.155 e. The fourth-order valence-electron chi connectivity index (χ4n) is 6.52. The molecule has 0 fully saturated rings. The zero-order chi connectivity index (χ0) is 34.9. The van der Waals surface area contributed by atoms with Crippen LogP contribution in [0.2, 0.25) is 0 Å². The Morgan fingerprint density at radius 2 is 1.80 bits per heavy atom. The number of anilines is 1. The Hall–Kier alpha value is -4.05. The molecule has 1 aliphatic rings. The van der Waals surface area contributed by atoms with Crippen LogP contribution in [0.5, 0.6) is 5.75 Å². The van der Waals surface area contributed by atoms with E-state index in [1.165, 1.54) is 16.8 Å². The molecule has 1 atom stereocenters. The highest BCUT2D eigenvalue weighted by molar-refractivity contribution is 7.90. The van der Waals surface area contributed by atoms with E-state index in [4.69, 9.17) is 14.5 Å². The number of nitrogens with zero attached hydrogens (tertiary/aromatic N) is 4. The van der Waals surface area contributed by atoms with E-state index in [2.05, 4.69) is 83.5 Å². The summed E-state index contributed by atoms with van der Waals surface area (Å²) in [4.78, 5) is 16.2. The second kappa shape index (κ2) is 17.2. The van der Waals surface area contributed by atoms with Crippen molar-refractivity contribution in [2.45, 2.75) is 77.0 Å². The largest absolute Gasteiger partial charge is 0.611 e. The number of fused-ring (bicyclic) bond motifs is 2. The molecule has 5 aromatic rings. The normalized spacial score (nSPS) is 15.1. The maximum atomic E-state index is 13.4. The molecule has 2 aromatic heterocycles. The molecule has 0 spiro atoms. The molecule has 0 amide bonds. The third-order valence-electron chi connectivity index (χ3n) is 9.05. The number of aryl methyl sites for hydroxylation is 1. The molecule has 0 aliphatic carbocycles. The minimum atomic E-state index is -1.19. The predicted octanol–water partition coefficient (Wildman–Crippen LogP) is 9.14. The molecule has 1 aliphatic heterocycles. The zero-order valence-electron chi connectivity index (χ0n) is 30.0. The molecule has 1 N–H and O–H groups in total. The van der Waals surface area contributed by atoms with Gasteiger partial charge >= 0.3 is 0 Å². The standard InChI is InChI=1S/C41H51N5O3S/c1-5-7-20-48-21-22-49-36-13-10-31(11-14-36)32-12-17-40-34(23-32)24-33(9-8-19-45(40)27-30(3)4)41-43-38-16-15-37(25-39(38)44-41)50(47)28-35-26-42-29-46(35)18-6-2/h10-17,23-26,29-30H,5-9,18-22,27-28H2,1-4H3,(H,43,44)/b33-24+. The molecule has 9 heteroatoms. The number of aromatic nitrogens is 4. The van der Waals surface area contributed by atoms with E-state index < -0.39 is 11.2 Å². The summed E-state index contributed by atoms with van der Waals surface area (Å²) >= 11 is -1.19. The van der Waals surface area contributed by atoms with Crippen LogP contribution in [0.15, 0.2) is 78.1 Å². The summed E-state index contributed by atoms with van der Waals surface area (Å²) < 4.78 is 27.1. The molecule has 0 saturated heterocycles. The van der Waals surface area contributed by atoms with Gasteiger partial charge in [0.15, 0.2) is 10.6 Å². The Balaban J connectivity index is 1.25. The third-order valence-corrected chi connectivity index (χ3v) is 10.4. The minimum Gasteiger partial charge on any atom is -0.611 e. The molecule has 3 aromatic carbocycles. The quantitative estimate of drug-likeness (QED) is 0.0819. The van der Waals surface area contributed by atoms with Crippen LogP contribution in [0, 0.1) is 5.92 Å². The molecular weight excluding hydrogens is 643 g/mol. The summed E-state index contributed by atoms with van der Waals surface area (Å²) in [6.45, 7) is 13.7. The van der Waals surface area contributed by atoms with Gasteiger partial charge in [0.1, 0.15) is 18.2 Å². The van der Waals surface area contributed by atoms with Gasteiger partial charge < -0.3 is 28.5 Å². The molecule has 6 rings (SSSR count). The van der Waals surface area contributed by atoms with Gasteiger partial charge in [-0.05, 0) is 108 Å². The molecule has 8 nitrogen and oxygen atoms in total. The smallest absolute Gasteiger partial charge is 0.155 e. The molecule has 0 bridgehead atoms. The van der Waals surface area contributed by atoms with Crippen LogP contribution in [0.4, 0.5) is 5.69 Å². The van der Waals surface area contributed by atoms with Crippen LogP contribution in [0.3, 0.4) is 0 Å². The van der Waals surface area contributed by atoms with Crippen molar-refractivity contribution in [3.8, 4) is 16.9 Å². The molecular formula is C41H51N5O3S. The first-order valence-corrected chi connectivity index (χ1v) is 19.5. The van der Waals surface area contributed by atoms with Gasteiger partial charge in [0, 0.05) is 38.0 Å². The number of hydrogen-bond donors (Lipinski definition) is 1. The van der Waals surface area contributed by atoms with Gasteiger partial charge in [-0.15, -0.1) is 0 Å². The molecule has 264 valence electrons. The maximum absolute atomic E-state index is 13.4. The number of aromatic amines is 1. The second-order valence-corrected chi connectivity index (χ2v) is 15.0. The summed E-state index contributed by atoms with van der Waals surface area (Å²) in [5.41, 5.74) is 8.70. The number of imidazole rings is 2. The summed E-state index contributed by atoms with van der Waals surface area (Å²) in [6.07, 6.45) is 11.1. The number of unbranched alkanes of at least 4 members (excludes halogenated alkanes) is 1. The van der Waals surface area contributed by atoms with E-state index in [0.29, 0.717) is 24.9 Å². The molecule has 0 radical (unpaired) electrons. The van der Waals surface area contributed by atoms with Crippen molar-refractivity contribution < 1.29 is 14.0 Å². The molecule has 0 saturated carbocycles. The number of rotatable bonds is 16. The Bertz CT molecular complexity index is 1860. The van der Waals surface area contributed by atoms with Crippen LogP contribution >= 0.6 is 0 Å². The Morgan fingerprint density at radius 1 is 0.960 bits per heavy atom. The van der Waals surface area contributed by atoms with Crippen LogP contribution in [-0.4, -0.2) is 57.0 Å². The number of hydrogen-bond acceptors (Lipinski definition) is 6. The Kier molecular flexibility index (Phi) is 12.3. The monoisotopic (exact) mass is 693 g/mol. The van der Waals surface area contributed by atoms with Gasteiger partial charge in [-0.1, -0.05) is 52.3 Å². The lowest BCUT2D eigenvalue weighted by Gasteiger charge is -2.30. The van der Waals surface area contributed by atoms with Crippen LogP contribution in [0.25, 0.3) is 33.8 Å². The van der Waals surface area contributed by atoms with Crippen molar-refractivity contribution in [1.82, 2.24) is 19.5 Å². The lowest BCUT2D eigenvalue weighted by Crippen LogP contribution is -2.30. The number of allylic oxidation sites excluding steroid dienone is 1. The van der Waals surface area contributed by atoms with Crippen molar-refractivity contribution >= 4 is 39.5 Å². The zero-order valence-corrected chi connectivity index (χ0v) is 30.8. The van der Waals surface area contributed by atoms with Gasteiger partial charge in [0.05, 0.1) is 35.9 Å². The van der Waals surface area contributed by atoms with Crippen LogP contribution < -0.4 is 9.64 Å². The van der Waals surface area contributed by atoms with Gasteiger partial charge in [-0.3, -0.25) is 0 Å². The Labute approximate surface area is 300 Å². The average molecular weight is 694 g/mol. The molecule has 3 heterocycles. The number of benzene rings is 3. The number of H-pyrrole nitrogens is 1. The van der Waals surface area contributed by atoms with E-state index in [-0.39, 0.29) is 0 Å². The minimum absolute atomic E-state index is 0.438. The first-order chi connectivity index (χ1) is 24.4. The lowest BCUT2D eigenvalue weighted by atomic mass is 9.96. The average Bonchev–Trinajstić information content (AvgIpc) is 3.74. The van der Waals surface area contributed by atoms with E-state index in [1.54, 1.807) is 0 Å². The van der Waals surface area contributed by atoms with Crippen molar-refractivity contribution in [1.29, 1.82) is 0 Å². The van der Waals surface area contributed by atoms with Crippen molar-refractivity contribution in [3.05, 3.63) is 90.3 Å². The SMILES string of the molecule is CCCCOCCOc1ccc(-c2ccc3c(c2)/C=C(/c2nc4ccc([S+]([O-])Cc5cncn5CCC)cc4[nH]2)CCCN3CC(C)C)cc1. The van der Waals surface area contributed by atoms with E-state index in [0.717, 1.165) is 103 Å². The fourth-order valence-corrected chi connectivity index (χ4v) is 7.66. The van der Waals surface area contributed by atoms with Crippen molar-refractivity contribution in [3.63, 3.8) is 0 Å². The highest BCUT2D eigenvalue weighted by Gasteiger charge is 2.20. The summed E-state index contributed by atoms with van der Waals surface area (Å²) in [5.74, 6) is 2.72. The Morgan fingerprint density at radius 3 is 2.60 bits per heavy atom. The van der Waals surface area contributed by atoms with Crippen molar-refractivity contribution in [2.24, 2.45) is 5.92 Å². The van der Waals surface area contributed by atoms with Crippen LogP contribution in [-0.2, 0) is 28.2 Å². The van der Waals surface area contributed by atoms with Gasteiger partial charge in [0.2, 0.25) is 0 Å². The highest BCUT2D eigenvalue weighted by atomic mass is 32.2. The second-order valence-electron chi connectivity index (χ2n) is 13.6.